The van der Waals surface area contributed by atoms with Gasteiger partial charge in [-0.2, -0.15) is 0 Å². The van der Waals surface area contributed by atoms with E-state index in [2.05, 4.69) is 9.73 Å². The van der Waals surface area contributed by atoms with Crippen LogP contribution in [0.15, 0.2) is 71.7 Å². The van der Waals surface area contributed by atoms with Gasteiger partial charge in [0.1, 0.15) is 23.5 Å². The van der Waals surface area contributed by atoms with Crippen LogP contribution >= 0.6 is 0 Å². The largest absolute Gasteiger partial charge is 0.573 e. The van der Waals surface area contributed by atoms with E-state index < -0.39 is 35.9 Å². The van der Waals surface area contributed by atoms with Crippen molar-refractivity contribution in [3.63, 3.8) is 0 Å². The molecule has 1 saturated carbocycles. The highest BCUT2D eigenvalue weighted by atomic mass is 19.4. The number of carbonyl (C=O) groups excluding carboxylic acids is 1. The Labute approximate surface area is 235 Å². The molecule has 216 valence electrons. The van der Waals surface area contributed by atoms with Gasteiger partial charge in [-0.05, 0) is 66.6 Å². The number of benzene rings is 3. The summed E-state index contributed by atoms with van der Waals surface area (Å²) in [6, 6.07) is 15.4. The Hall–Kier alpha value is -3.75. The lowest BCUT2D eigenvalue weighted by Gasteiger charge is -2.29. The molecule has 0 saturated heterocycles. The van der Waals surface area contributed by atoms with E-state index in [-0.39, 0.29) is 35.5 Å². The fraction of sp³-hybridized carbons (Fsp3) is 0.375. The van der Waals surface area contributed by atoms with Gasteiger partial charge in [-0.25, -0.2) is 8.78 Å². The van der Waals surface area contributed by atoms with Crippen molar-refractivity contribution in [1.82, 2.24) is 0 Å². The quantitative estimate of drug-likeness (QED) is 0.211. The average Bonchev–Trinajstić information content (AvgIpc) is 3.38. The van der Waals surface area contributed by atoms with Crippen molar-refractivity contribution >= 4 is 11.7 Å². The molecule has 1 aliphatic carbocycles. The van der Waals surface area contributed by atoms with Crippen LogP contribution < -0.4 is 4.74 Å². The zero-order chi connectivity index (χ0) is 29.1. The summed E-state index contributed by atoms with van der Waals surface area (Å²) < 4.78 is 76.6. The predicted octanol–water partition coefficient (Wildman–Crippen LogP) is 8.59. The molecule has 9 heteroatoms. The zero-order valence-corrected chi connectivity index (χ0v) is 22.5. The van der Waals surface area contributed by atoms with Gasteiger partial charge in [0, 0.05) is 12.1 Å². The lowest BCUT2D eigenvalue weighted by atomic mass is 9.85. The van der Waals surface area contributed by atoms with Crippen molar-refractivity contribution in [2.24, 2.45) is 16.8 Å². The molecule has 2 aliphatic rings. The van der Waals surface area contributed by atoms with E-state index >= 15 is 0 Å². The molecule has 1 aliphatic heterocycles. The third-order valence-electron chi connectivity index (χ3n) is 7.93. The first-order valence-electron chi connectivity index (χ1n) is 13.8. The Bertz CT molecular complexity index is 1380. The van der Waals surface area contributed by atoms with E-state index in [1.54, 1.807) is 24.3 Å². The normalized spacial score (nSPS) is 20.4. The van der Waals surface area contributed by atoms with Gasteiger partial charge < -0.3 is 9.47 Å². The molecular formula is C32H30F5NO3. The third-order valence-corrected chi connectivity index (χ3v) is 7.93. The molecule has 0 radical (unpaired) electrons. The number of carbonyl (C=O) groups is 1. The van der Waals surface area contributed by atoms with Crippen molar-refractivity contribution < 1.29 is 36.2 Å². The fourth-order valence-electron chi connectivity index (χ4n) is 5.78. The maximum atomic E-state index is 14.7. The summed E-state index contributed by atoms with van der Waals surface area (Å²) in [5, 5.41) is 0. The molecule has 1 fully saturated rings. The minimum Gasteiger partial charge on any atom is -0.462 e. The minimum absolute atomic E-state index is 0.0289. The lowest BCUT2D eigenvalue weighted by Crippen LogP contribution is -2.30. The summed E-state index contributed by atoms with van der Waals surface area (Å²) in [5.41, 5.74) is 1.96. The monoisotopic (exact) mass is 571 g/mol. The van der Waals surface area contributed by atoms with Crippen molar-refractivity contribution in [3.8, 4) is 16.9 Å². The molecule has 0 N–H and O–H groups in total. The van der Waals surface area contributed by atoms with Crippen LogP contribution in [0.1, 0.15) is 62.6 Å². The summed E-state index contributed by atoms with van der Waals surface area (Å²) in [6.07, 6.45) is 0.345. The van der Waals surface area contributed by atoms with Gasteiger partial charge in [0.05, 0.1) is 17.5 Å². The van der Waals surface area contributed by atoms with E-state index in [9.17, 15) is 26.7 Å². The molecule has 2 unspecified atom stereocenters. The first-order valence-corrected chi connectivity index (χ1v) is 13.8. The fourth-order valence-corrected chi connectivity index (χ4v) is 5.78. The Morgan fingerprint density at radius 3 is 2.05 bits per heavy atom. The molecule has 5 rings (SSSR count). The summed E-state index contributed by atoms with van der Waals surface area (Å²) in [4.78, 5) is 18.1. The Morgan fingerprint density at radius 1 is 0.878 bits per heavy atom. The molecular weight excluding hydrogens is 541 g/mol. The van der Waals surface area contributed by atoms with Gasteiger partial charge in [0.25, 0.3) is 0 Å². The maximum absolute atomic E-state index is 14.7. The van der Waals surface area contributed by atoms with Crippen molar-refractivity contribution in [2.75, 3.05) is 0 Å². The van der Waals surface area contributed by atoms with Crippen molar-refractivity contribution in [2.45, 2.75) is 64.0 Å². The molecule has 1 heterocycles. The number of ether oxygens (including phenoxy) is 2. The number of halogens is 5. The van der Waals surface area contributed by atoms with E-state index in [4.69, 9.17) is 4.74 Å². The summed E-state index contributed by atoms with van der Waals surface area (Å²) in [6.45, 7) is 1.90. The predicted molar refractivity (Wildman–Crippen MR) is 144 cm³/mol. The Morgan fingerprint density at radius 2 is 1.46 bits per heavy atom. The number of rotatable bonds is 7. The first-order chi connectivity index (χ1) is 19.6. The van der Waals surface area contributed by atoms with E-state index in [1.807, 2.05) is 6.92 Å². The Balaban J connectivity index is 1.40. The maximum Gasteiger partial charge on any atom is 0.573 e. The van der Waals surface area contributed by atoms with E-state index in [0.717, 1.165) is 43.4 Å². The van der Waals surface area contributed by atoms with Gasteiger partial charge >= 0.3 is 12.3 Å². The molecule has 3 aromatic carbocycles. The highest BCUT2D eigenvalue weighted by Gasteiger charge is 2.40. The molecule has 4 nitrogen and oxygen atoms in total. The second kappa shape index (κ2) is 12.0. The van der Waals surface area contributed by atoms with Crippen LogP contribution in [0.5, 0.6) is 5.75 Å². The van der Waals surface area contributed by atoms with Crippen LogP contribution in [-0.4, -0.2) is 24.1 Å². The number of aliphatic imine (C=N–C) groups is 1. The Kier molecular flexibility index (Phi) is 8.42. The van der Waals surface area contributed by atoms with Crippen LogP contribution in [0.2, 0.25) is 0 Å². The van der Waals surface area contributed by atoms with Gasteiger partial charge in [0.15, 0.2) is 0 Å². The highest BCUT2D eigenvalue weighted by molar-refractivity contribution is 6.04. The van der Waals surface area contributed by atoms with Crippen molar-refractivity contribution in [1.29, 1.82) is 0 Å². The SMILES string of the molecule is CC(OC(=O)[C@H]1CC(c2c(F)cccc2F)=NC1c1ccc(-c2ccc(OC(F)(F)F)cc2)cc1)C1CCCCC1. The summed E-state index contributed by atoms with van der Waals surface area (Å²) in [7, 11) is 0. The number of hydrogen-bond acceptors (Lipinski definition) is 4. The van der Waals surface area contributed by atoms with E-state index in [1.165, 1.54) is 36.8 Å². The molecule has 3 aromatic rings. The average molecular weight is 572 g/mol. The molecule has 3 atom stereocenters. The van der Waals surface area contributed by atoms with Gasteiger partial charge in [-0.3, -0.25) is 9.79 Å². The second-order valence-electron chi connectivity index (χ2n) is 10.7. The van der Waals surface area contributed by atoms with Crippen molar-refractivity contribution in [3.05, 3.63) is 89.5 Å². The van der Waals surface area contributed by atoms with E-state index in [0.29, 0.717) is 11.1 Å². The smallest absolute Gasteiger partial charge is 0.462 e. The third kappa shape index (κ3) is 6.77. The van der Waals surface area contributed by atoms with Crippen LogP contribution in [0.25, 0.3) is 11.1 Å². The van der Waals surface area contributed by atoms with Gasteiger partial charge in [0.2, 0.25) is 0 Å². The summed E-state index contributed by atoms with van der Waals surface area (Å²) in [5.74, 6) is -2.76. The molecule has 0 bridgehead atoms. The van der Waals surface area contributed by atoms with Crippen LogP contribution in [0.4, 0.5) is 22.0 Å². The van der Waals surface area contributed by atoms with Crippen LogP contribution in [-0.2, 0) is 9.53 Å². The zero-order valence-electron chi connectivity index (χ0n) is 22.5. The highest BCUT2D eigenvalue weighted by Crippen LogP contribution is 2.40. The number of esters is 1. The minimum atomic E-state index is -4.78. The summed E-state index contributed by atoms with van der Waals surface area (Å²) >= 11 is 0. The second-order valence-corrected chi connectivity index (χ2v) is 10.7. The number of alkyl halides is 3. The number of hydrogen-bond donors (Lipinski definition) is 0. The van der Waals surface area contributed by atoms with Gasteiger partial charge in [-0.1, -0.05) is 61.7 Å². The lowest BCUT2D eigenvalue weighted by molar-refractivity contribution is -0.274. The van der Waals surface area contributed by atoms with Gasteiger partial charge in [-0.15, -0.1) is 13.2 Å². The molecule has 41 heavy (non-hydrogen) atoms. The van der Waals surface area contributed by atoms with Crippen LogP contribution in [0, 0.1) is 23.5 Å². The number of nitrogens with zero attached hydrogens (tertiary/aromatic N) is 1. The topological polar surface area (TPSA) is 47.9 Å². The van der Waals surface area contributed by atoms with Crippen LogP contribution in [0.3, 0.4) is 0 Å². The molecule has 0 spiro atoms. The first kappa shape index (κ1) is 28.8. The standard InChI is InChI=1S/C32H30F5NO3/c1-19(20-6-3-2-4-7-20)40-31(39)25-18-28(29-26(33)8-5-9-27(29)34)38-30(25)23-12-10-21(11-13-23)22-14-16-24(17-15-22)41-32(35,36)37/h5,8-17,19-20,25,30H,2-4,6-7,18H2,1H3/t19?,25-,30?/m0/s1. The molecule has 0 amide bonds. The molecule has 0 aromatic heterocycles.